The van der Waals surface area contributed by atoms with Crippen LogP contribution < -0.4 is 37.2 Å². The summed E-state index contributed by atoms with van der Waals surface area (Å²) in [7, 11) is 0. The molecule has 2 saturated carbocycles. The maximum absolute atomic E-state index is 14.6. The molecule has 10 aliphatic rings. The van der Waals surface area contributed by atoms with Crippen molar-refractivity contribution in [2.24, 2.45) is 17.3 Å². The first-order valence-electron chi connectivity index (χ1n) is 42.5. The maximum atomic E-state index is 14.6. The second-order valence-corrected chi connectivity index (χ2v) is 33.3. The van der Waals surface area contributed by atoms with Crippen molar-refractivity contribution in [3.05, 3.63) is 11.1 Å². The molecule has 0 aromatic carbocycles. The van der Waals surface area contributed by atoms with Gasteiger partial charge in [0.25, 0.3) is 0 Å². The molecular weight excluding hydrogens is 1610 g/mol. The SMILES string of the molecule is CC(C)[C@]12O[C@H]1[C@@H]1O[C@]13[C@]1(O[C@H]1CC1C4=C(CC[C@@]13C)C(=O)OC4)[C@@H]2OC(=O)CCC(=O)NC(COCCC(=O)NCCCNC(=O)CCCCO[C@@H]1O[C@H](CO)[C@@H](O)[C@H](O)[C@H]1O)(COCCC(=O)NCCCNC(=O)CCCCO[C@@H]1O[C@H](CO)[C@@H](O)[C@H](O)[C@H]1O)COCCC(=O)NCCCNC(=O)CCCCO[C@@H]1O[C@H](CO)[C@@H](O)[C@H](O)[C@H]1O. The van der Waals surface area contributed by atoms with E-state index in [-0.39, 0.29) is 185 Å². The van der Waals surface area contributed by atoms with Crippen molar-refractivity contribution in [3.8, 4) is 0 Å². The Morgan fingerprint density at radius 3 is 1.25 bits per heavy atom. The van der Waals surface area contributed by atoms with Gasteiger partial charge in [0.1, 0.15) is 109 Å². The number of epoxide rings is 3. The van der Waals surface area contributed by atoms with E-state index in [0.717, 1.165) is 5.57 Å². The number of hydrogen-bond donors (Lipinski definition) is 19. The van der Waals surface area contributed by atoms with E-state index in [2.05, 4.69) is 44.1 Å². The normalized spacial score (nSPS) is 34.1. The summed E-state index contributed by atoms with van der Waals surface area (Å²) in [6.07, 6.45) is -19.5. The van der Waals surface area contributed by atoms with Gasteiger partial charge in [0.05, 0.1) is 72.0 Å². The molecule has 0 aromatic rings. The van der Waals surface area contributed by atoms with Crippen LogP contribution in [0.1, 0.15) is 149 Å². The Morgan fingerprint density at radius 1 is 0.463 bits per heavy atom. The molecule has 0 radical (unpaired) electrons. The van der Waals surface area contributed by atoms with Gasteiger partial charge >= 0.3 is 11.9 Å². The Labute approximate surface area is 700 Å². The van der Waals surface area contributed by atoms with Crippen molar-refractivity contribution in [1.29, 1.82) is 0 Å². The van der Waals surface area contributed by atoms with Gasteiger partial charge in [0.2, 0.25) is 41.4 Å². The molecule has 8 fully saturated rings. The number of carbonyl (C=O) groups is 9. The number of hydrogen-bond acceptors (Lipinski definition) is 35. The Balaban J connectivity index is 0.717. The van der Waals surface area contributed by atoms with Gasteiger partial charge in [-0.05, 0) is 94.5 Å². The molecule has 1 unspecified atom stereocenters. The van der Waals surface area contributed by atoms with E-state index in [9.17, 15) is 104 Å². The van der Waals surface area contributed by atoms with E-state index in [1.807, 2.05) is 13.8 Å². The lowest BCUT2D eigenvalue weighted by Gasteiger charge is -2.53. The van der Waals surface area contributed by atoms with Crippen LogP contribution in [0.25, 0.3) is 0 Å². The molecule has 24 atom stereocenters. The number of rotatable bonds is 54. The fourth-order valence-electron chi connectivity index (χ4n) is 17.7. The highest BCUT2D eigenvalue weighted by molar-refractivity contribution is 5.92. The average Bonchev–Trinajstić information content (AvgIpc) is 1.41. The quantitative estimate of drug-likeness (QED) is 0.0153. The molecule has 7 aliphatic heterocycles. The first-order chi connectivity index (χ1) is 58.0. The van der Waals surface area contributed by atoms with Crippen LogP contribution in [0.4, 0.5) is 0 Å². The zero-order valence-corrected chi connectivity index (χ0v) is 69.0. The summed E-state index contributed by atoms with van der Waals surface area (Å²) in [5, 5.41) is 139. The van der Waals surface area contributed by atoms with Crippen molar-refractivity contribution in [1.82, 2.24) is 37.2 Å². The zero-order valence-electron chi connectivity index (χ0n) is 69.0. The van der Waals surface area contributed by atoms with Crippen LogP contribution in [0.2, 0.25) is 0 Å². The number of esters is 2. The summed E-state index contributed by atoms with van der Waals surface area (Å²) in [5.41, 5.74) is -3.46. The van der Waals surface area contributed by atoms with Gasteiger partial charge in [-0.15, -0.1) is 0 Å². The number of ether oxygens (including phenoxy) is 14. The minimum atomic E-state index is -1.64. The molecule has 10 rings (SSSR count). The van der Waals surface area contributed by atoms with Gasteiger partial charge in [0.15, 0.2) is 30.6 Å². The molecule has 7 amide bonds. The lowest BCUT2D eigenvalue weighted by molar-refractivity contribution is -0.301. The number of unbranched alkanes of at least 4 members (excludes halogenated alkanes) is 3. The molecule has 19 N–H and O–H groups in total. The van der Waals surface area contributed by atoms with Crippen molar-refractivity contribution in [2.75, 3.05) is 125 Å². The predicted molar refractivity (Wildman–Crippen MR) is 410 cm³/mol. The van der Waals surface area contributed by atoms with E-state index >= 15 is 0 Å². The summed E-state index contributed by atoms with van der Waals surface area (Å²) < 4.78 is 83.4. The number of aliphatic hydroxyl groups is 12. The number of cyclic esters (lactones) is 1. The largest absolute Gasteiger partial charge is 0.458 e. The van der Waals surface area contributed by atoms with Gasteiger partial charge in [-0.3, -0.25) is 38.4 Å². The molecule has 2 spiro atoms. The molecular formula is C79H127N7O35. The lowest BCUT2D eigenvalue weighted by Crippen LogP contribution is -2.70. The minimum absolute atomic E-state index is 0.0445. The minimum Gasteiger partial charge on any atom is -0.458 e. The first kappa shape index (κ1) is 97.2. The molecule has 42 nitrogen and oxygen atoms in total. The Bertz CT molecular complexity index is 3260. The molecule has 0 aromatic heterocycles. The van der Waals surface area contributed by atoms with Gasteiger partial charge in [-0.1, -0.05) is 20.8 Å². The van der Waals surface area contributed by atoms with Crippen molar-refractivity contribution in [2.45, 2.75) is 288 Å². The van der Waals surface area contributed by atoms with Crippen LogP contribution in [-0.4, -0.2) is 379 Å². The average molecular weight is 1730 g/mol. The zero-order chi connectivity index (χ0) is 87.4. The molecule has 6 saturated heterocycles. The smallest absolute Gasteiger partial charge is 0.334 e. The van der Waals surface area contributed by atoms with Crippen molar-refractivity contribution >= 4 is 53.3 Å². The monoisotopic (exact) mass is 1730 g/mol. The third-order valence-electron chi connectivity index (χ3n) is 24.6. The molecule has 0 bridgehead atoms. The summed E-state index contributed by atoms with van der Waals surface area (Å²) in [5.74, 6) is -4.07. The third kappa shape index (κ3) is 23.6. The van der Waals surface area contributed by atoms with Gasteiger partial charge in [0, 0.05) is 115 Å². The highest BCUT2D eigenvalue weighted by Gasteiger charge is 3.01. The van der Waals surface area contributed by atoms with Crippen LogP contribution in [0.5, 0.6) is 0 Å². The lowest BCUT2D eigenvalue weighted by atomic mass is 9.46. The van der Waals surface area contributed by atoms with E-state index in [4.69, 9.17) is 66.3 Å². The van der Waals surface area contributed by atoms with E-state index in [1.54, 1.807) is 0 Å². The number of aliphatic hydroxyl groups excluding tert-OH is 12. The van der Waals surface area contributed by atoms with Crippen LogP contribution in [0.3, 0.4) is 0 Å². The highest BCUT2D eigenvalue weighted by Crippen LogP contribution is 2.83. The highest BCUT2D eigenvalue weighted by atomic mass is 16.8. The van der Waals surface area contributed by atoms with E-state index in [0.29, 0.717) is 82.6 Å². The van der Waals surface area contributed by atoms with Gasteiger partial charge in [-0.2, -0.15) is 0 Å². The van der Waals surface area contributed by atoms with Crippen LogP contribution in [-0.2, 0) is 109 Å². The van der Waals surface area contributed by atoms with Crippen molar-refractivity contribution < 1.29 is 171 Å². The fraction of sp³-hybridized carbons (Fsp3) is 0.861. The molecule has 7 heterocycles. The van der Waals surface area contributed by atoms with E-state index in [1.165, 1.54) is 0 Å². The molecule has 42 heteroatoms. The summed E-state index contributed by atoms with van der Waals surface area (Å²) in [6.45, 7) is 3.97. The molecule has 121 heavy (non-hydrogen) atoms. The van der Waals surface area contributed by atoms with Gasteiger partial charge < -0.3 is 165 Å². The predicted octanol–water partition coefficient (Wildman–Crippen LogP) is -6.66. The number of nitrogens with one attached hydrogen (secondary N) is 7. The van der Waals surface area contributed by atoms with Gasteiger partial charge in [-0.25, -0.2) is 4.79 Å². The van der Waals surface area contributed by atoms with Crippen molar-refractivity contribution in [3.63, 3.8) is 0 Å². The molecule has 3 aliphatic carbocycles. The Kier molecular flexibility index (Phi) is 36.1. The first-order valence-corrected chi connectivity index (χ1v) is 42.5. The number of carbonyl (C=O) groups excluding carboxylic acids is 9. The summed E-state index contributed by atoms with van der Waals surface area (Å²) in [6, 6.07) is 0. The Morgan fingerprint density at radius 2 is 0.860 bits per heavy atom. The van der Waals surface area contributed by atoms with Crippen LogP contribution in [0.15, 0.2) is 11.1 Å². The van der Waals surface area contributed by atoms with Crippen LogP contribution >= 0.6 is 0 Å². The third-order valence-corrected chi connectivity index (χ3v) is 24.6. The topological polar surface area (TPSA) is 620 Å². The number of fused-ring (bicyclic) bond motifs is 4. The summed E-state index contributed by atoms with van der Waals surface area (Å²) in [4.78, 5) is 120. The standard InChI is InChI=1S/C79H127N7O35/c1-43(2)77-68(120-77)69-79(121-69)75(3)22-18-44-45(39-114-70(44)107)46(75)35-50-78(79,119-50)74(77)118-58(97)17-16-57(96)86-76(40-108-32-19-54(93)83-26-10-23-80-51(90)13-4-7-29-111-71-65(104)62(101)59(98)47(36-87)115-71,41-109-33-20-55(94)84-27-11-24-81-52(91)14-5-8-30-112-72-66(105)63(102)60(99)48(37-88)116-72)42-110-34-21-56(95)85-28-12-25-82-53(92)15-6-9-31-113-73-67(106)64(103)61(100)49(38-89)117-73/h43,46-50,59-69,71-74,87-89,98-106H,4-42H2,1-3H3,(H,80,90)(H,81,91)(H,82,92)(H,83,93)(H,84,94)(H,85,95)(H,86,96)/t46?,47-,48-,49-,50+,59-,60-,61-,62+,63+,64+,65-,66-,67-,68+,69+,71-,72-,73-,74-,75+,77+,78-,79-/m1/s1. The Hall–Kier alpha value is -5.99. The van der Waals surface area contributed by atoms with E-state index < -0.39 is 200 Å². The second kappa shape index (κ2) is 44.9. The summed E-state index contributed by atoms with van der Waals surface area (Å²) >= 11 is 0. The number of amides is 7. The second-order valence-electron chi connectivity index (χ2n) is 33.3. The molecule has 688 valence electrons. The fourth-order valence-corrected chi connectivity index (χ4v) is 17.7. The van der Waals surface area contributed by atoms with Crippen LogP contribution in [0, 0.1) is 17.3 Å². The maximum Gasteiger partial charge on any atom is 0.334 e.